The van der Waals surface area contributed by atoms with Gasteiger partial charge in [0.2, 0.25) is 0 Å². The number of rotatable bonds is 5. The van der Waals surface area contributed by atoms with E-state index >= 15 is 0 Å². The third-order valence-electron chi connectivity index (χ3n) is 3.64. The molecule has 0 saturated carbocycles. The lowest BCUT2D eigenvalue weighted by Gasteiger charge is -2.28. The maximum absolute atomic E-state index is 3.69. The summed E-state index contributed by atoms with van der Waals surface area (Å²) in [5, 5.41) is 3.47. The van der Waals surface area contributed by atoms with Crippen molar-refractivity contribution in [1.29, 1.82) is 0 Å². The molecule has 1 fully saturated rings. The van der Waals surface area contributed by atoms with Crippen molar-refractivity contribution in [3.63, 3.8) is 0 Å². The van der Waals surface area contributed by atoms with E-state index < -0.39 is 0 Å². The minimum absolute atomic E-state index is 0.707. The first kappa shape index (κ1) is 14.0. The molecule has 1 heterocycles. The largest absolute Gasteiger partial charge is 0.315 e. The molecule has 0 amide bonds. The molecule has 2 rings (SSSR count). The molecular weight excluding hydrogens is 288 g/mol. The van der Waals surface area contributed by atoms with E-state index in [0.717, 1.165) is 13.1 Å². The van der Waals surface area contributed by atoms with Crippen molar-refractivity contribution < 1.29 is 0 Å². The van der Waals surface area contributed by atoms with Gasteiger partial charge in [-0.05, 0) is 50.0 Å². The highest BCUT2D eigenvalue weighted by Crippen LogP contribution is 2.22. The number of benzene rings is 1. The maximum Gasteiger partial charge on any atom is 0.0248 e. The fourth-order valence-electron chi connectivity index (χ4n) is 2.63. The van der Waals surface area contributed by atoms with E-state index in [4.69, 9.17) is 0 Å². The molecule has 1 aromatic carbocycles. The zero-order chi connectivity index (χ0) is 13.0. The summed E-state index contributed by atoms with van der Waals surface area (Å²) in [5.74, 6) is 0. The predicted octanol–water partition coefficient (Wildman–Crippen LogP) is 3.33. The summed E-state index contributed by atoms with van der Waals surface area (Å²) in [6.07, 6.45) is 2.50. The van der Waals surface area contributed by atoms with Crippen LogP contribution in [-0.4, -0.2) is 30.6 Å². The Hall–Kier alpha value is -0.380. The molecule has 0 aromatic heterocycles. The van der Waals surface area contributed by atoms with Crippen LogP contribution in [0.2, 0.25) is 0 Å². The number of halogens is 1. The van der Waals surface area contributed by atoms with Crippen LogP contribution in [0.25, 0.3) is 0 Å². The van der Waals surface area contributed by atoms with Gasteiger partial charge in [0.25, 0.3) is 0 Å². The second kappa shape index (κ2) is 6.69. The Bertz CT molecular complexity index is 386. The number of nitrogens with zero attached hydrogens (tertiary/aromatic N) is 1. The molecule has 0 aliphatic carbocycles. The van der Waals surface area contributed by atoms with Crippen LogP contribution in [0.3, 0.4) is 0 Å². The van der Waals surface area contributed by atoms with E-state index in [-0.39, 0.29) is 0 Å². The normalized spacial score (nSPS) is 19.7. The Morgan fingerprint density at radius 1 is 1.44 bits per heavy atom. The van der Waals surface area contributed by atoms with Crippen molar-refractivity contribution in [2.75, 3.05) is 19.6 Å². The van der Waals surface area contributed by atoms with Crippen LogP contribution in [0.5, 0.6) is 0 Å². The molecule has 1 aliphatic heterocycles. The zero-order valence-corrected chi connectivity index (χ0v) is 13.0. The zero-order valence-electron chi connectivity index (χ0n) is 11.4. The molecule has 1 N–H and O–H groups in total. The van der Waals surface area contributed by atoms with Gasteiger partial charge in [0.05, 0.1) is 0 Å². The fourth-order valence-corrected chi connectivity index (χ4v) is 3.25. The number of nitrogens with one attached hydrogen (secondary N) is 1. The van der Waals surface area contributed by atoms with Gasteiger partial charge in [-0.15, -0.1) is 0 Å². The first-order valence-electron chi connectivity index (χ1n) is 6.90. The Morgan fingerprint density at radius 2 is 2.28 bits per heavy atom. The molecule has 0 radical (unpaired) electrons. The van der Waals surface area contributed by atoms with Crippen LogP contribution in [0, 0.1) is 6.92 Å². The number of aryl methyl sites for hydroxylation is 1. The summed E-state index contributed by atoms with van der Waals surface area (Å²) >= 11 is 3.69. The highest BCUT2D eigenvalue weighted by molar-refractivity contribution is 9.10. The average Bonchev–Trinajstić information content (AvgIpc) is 2.85. The molecule has 1 atom stereocenters. The smallest absolute Gasteiger partial charge is 0.0248 e. The molecule has 1 saturated heterocycles. The van der Waals surface area contributed by atoms with Crippen molar-refractivity contribution >= 4 is 15.9 Å². The quantitative estimate of drug-likeness (QED) is 0.897. The summed E-state index contributed by atoms with van der Waals surface area (Å²) < 4.78 is 1.24. The van der Waals surface area contributed by atoms with Crippen molar-refractivity contribution in [2.45, 2.75) is 39.3 Å². The average molecular weight is 311 g/mol. The molecule has 1 aromatic rings. The lowest BCUT2D eigenvalue weighted by molar-refractivity contribution is 0.199. The lowest BCUT2D eigenvalue weighted by atomic mass is 10.1. The van der Waals surface area contributed by atoms with E-state index in [2.05, 4.69) is 58.2 Å². The van der Waals surface area contributed by atoms with E-state index in [1.54, 1.807) is 0 Å². The second-order valence-electron chi connectivity index (χ2n) is 5.21. The first-order chi connectivity index (χ1) is 8.70. The maximum atomic E-state index is 3.69. The molecule has 18 heavy (non-hydrogen) atoms. The van der Waals surface area contributed by atoms with Crippen LogP contribution >= 0.6 is 15.9 Å². The molecule has 2 nitrogen and oxygen atoms in total. The molecule has 1 unspecified atom stereocenters. The van der Waals surface area contributed by atoms with Crippen LogP contribution in [0.1, 0.15) is 30.9 Å². The van der Waals surface area contributed by atoms with Crippen LogP contribution in [0.15, 0.2) is 22.7 Å². The second-order valence-corrected chi connectivity index (χ2v) is 6.07. The SMILES string of the molecule is CCCN(Cc1ccc(C)cc1Br)C1CCNC1. The molecule has 0 bridgehead atoms. The lowest BCUT2D eigenvalue weighted by Crippen LogP contribution is -2.37. The van der Waals surface area contributed by atoms with Gasteiger partial charge in [0.15, 0.2) is 0 Å². The van der Waals surface area contributed by atoms with Gasteiger partial charge in [-0.25, -0.2) is 0 Å². The number of hydrogen-bond donors (Lipinski definition) is 1. The summed E-state index contributed by atoms with van der Waals surface area (Å²) in [6, 6.07) is 7.38. The third-order valence-corrected chi connectivity index (χ3v) is 4.38. The predicted molar refractivity (Wildman–Crippen MR) is 80.9 cm³/mol. The Balaban J connectivity index is 2.07. The van der Waals surface area contributed by atoms with Gasteiger partial charge in [-0.2, -0.15) is 0 Å². The Morgan fingerprint density at radius 3 is 2.89 bits per heavy atom. The first-order valence-corrected chi connectivity index (χ1v) is 7.69. The van der Waals surface area contributed by atoms with Crippen LogP contribution in [0.4, 0.5) is 0 Å². The molecular formula is C15H23BrN2. The standard InChI is InChI=1S/C15H23BrN2/c1-3-8-18(14-6-7-17-10-14)11-13-5-4-12(2)9-15(13)16/h4-5,9,14,17H,3,6-8,10-11H2,1-2H3. The topological polar surface area (TPSA) is 15.3 Å². The molecule has 0 spiro atoms. The minimum Gasteiger partial charge on any atom is -0.315 e. The van der Waals surface area contributed by atoms with E-state index in [1.807, 2.05) is 0 Å². The number of hydrogen-bond acceptors (Lipinski definition) is 2. The van der Waals surface area contributed by atoms with Crippen molar-refractivity contribution in [3.05, 3.63) is 33.8 Å². The van der Waals surface area contributed by atoms with E-state index in [9.17, 15) is 0 Å². The fraction of sp³-hybridized carbons (Fsp3) is 0.600. The minimum atomic E-state index is 0.707. The van der Waals surface area contributed by atoms with E-state index in [0.29, 0.717) is 6.04 Å². The van der Waals surface area contributed by atoms with Gasteiger partial charge in [0.1, 0.15) is 0 Å². The van der Waals surface area contributed by atoms with Gasteiger partial charge >= 0.3 is 0 Å². The highest BCUT2D eigenvalue weighted by atomic mass is 79.9. The molecule has 100 valence electrons. The van der Waals surface area contributed by atoms with Gasteiger partial charge < -0.3 is 5.32 Å². The van der Waals surface area contributed by atoms with Gasteiger partial charge in [-0.3, -0.25) is 4.90 Å². The van der Waals surface area contributed by atoms with Crippen molar-refractivity contribution in [3.8, 4) is 0 Å². The molecule has 1 aliphatic rings. The van der Waals surface area contributed by atoms with Gasteiger partial charge in [0, 0.05) is 23.6 Å². The summed E-state index contributed by atoms with van der Waals surface area (Å²) in [6.45, 7) is 8.95. The van der Waals surface area contributed by atoms with Crippen LogP contribution < -0.4 is 5.32 Å². The highest BCUT2D eigenvalue weighted by Gasteiger charge is 2.22. The third kappa shape index (κ3) is 3.56. The Kier molecular flexibility index (Phi) is 5.22. The van der Waals surface area contributed by atoms with Crippen molar-refractivity contribution in [2.24, 2.45) is 0 Å². The monoisotopic (exact) mass is 310 g/mol. The van der Waals surface area contributed by atoms with E-state index in [1.165, 1.54) is 41.5 Å². The summed E-state index contributed by atoms with van der Waals surface area (Å²) in [7, 11) is 0. The Labute approximate surface area is 119 Å². The van der Waals surface area contributed by atoms with Crippen LogP contribution in [-0.2, 0) is 6.54 Å². The summed E-state index contributed by atoms with van der Waals surface area (Å²) in [4.78, 5) is 2.62. The summed E-state index contributed by atoms with van der Waals surface area (Å²) in [5.41, 5.74) is 2.72. The van der Waals surface area contributed by atoms with Gasteiger partial charge in [-0.1, -0.05) is 35.0 Å². The van der Waals surface area contributed by atoms with Crippen molar-refractivity contribution in [1.82, 2.24) is 10.2 Å². The molecule has 3 heteroatoms.